The largest absolute Gasteiger partial charge is 0.330 e. The third-order valence-corrected chi connectivity index (χ3v) is 3.48. The Hall–Kier alpha value is -0.940. The first-order valence-corrected chi connectivity index (χ1v) is 6.62. The highest BCUT2D eigenvalue weighted by atomic mass is 79.9. The smallest absolute Gasteiger partial charge is 0.210 e. The summed E-state index contributed by atoms with van der Waals surface area (Å²) >= 11 is 4.77. The van der Waals surface area contributed by atoms with Gasteiger partial charge in [-0.3, -0.25) is 0 Å². The average molecular weight is 298 g/mol. The van der Waals surface area contributed by atoms with Crippen molar-refractivity contribution in [1.82, 2.24) is 10.2 Å². The van der Waals surface area contributed by atoms with Crippen LogP contribution in [0.15, 0.2) is 28.2 Å². The van der Waals surface area contributed by atoms with Crippen LogP contribution < -0.4 is 5.32 Å². The molecule has 5 heteroatoms. The first-order chi connectivity index (χ1) is 7.65. The van der Waals surface area contributed by atoms with Gasteiger partial charge in [0.2, 0.25) is 5.13 Å². The highest BCUT2D eigenvalue weighted by Gasteiger charge is 2.03. The Balaban J connectivity index is 2.18. The predicted octanol–water partition coefficient (Wildman–Crippen LogP) is 4.17. The number of hydrogen-bond donors (Lipinski definition) is 1. The third kappa shape index (κ3) is 2.80. The van der Waals surface area contributed by atoms with Gasteiger partial charge in [-0.25, -0.2) is 0 Å². The summed E-state index contributed by atoms with van der Waals surface area (Å²) in [6.07, 6.45) is 0. The summed E-state index contributed by atoms with van der Waals surface area (Å²) in [7, 11) is 0. The zero-order valence-corrected chi connectivity index (χ0v) is 11.5. The van der Waals surface area contributed by atoms with Crippen molar-refractivity contribution in [2.45, 2.75) is 19.8 Å². The van der Waals surface area contributed by atoms with Gasteiger partial charge in [0.1, 0.15) is 0 Å². The van der Waals surface area contributed by atoms with Crippen LogP contribution in [0.25, 0.3) is 0 Å². The van der Waals surface area contributed by atoms with Crippen LogP contribution in [-0.4, -0.2) is 10.2 Å². The monoisotopic (exact) mass is 297 g/mol. The van der Waals surface area contributed by atoms with Crippen LogP contribution in [0.5, 0.6) is 0 Å². The quantitative estimate of drug-likeness (QED) is 0.924. The van der Waals surface area contributed by atoms with E-state index in [4.69, 9.17) is 0 Å². The summed E-state index contributed by atoms with van der Waals surface area (Å²) in [6, 6.07) is 8.35. The van der Waals surface area contributed by atoms with Crippen LogP contribution in [0.1, 0.15) is 25.3 Å². The summed E-state index contributed by atoms with van der Waals surface area (Å²) in [5.41, 5.74) is 2.36. The molecule has 0 atom stereocenters. The van der Waals surface area contributed by atoms with Crippen LogP contribution in [0.4, 0.5) is 10.8 Å². The van der Waals surface area contributed by atoms with Gasteiger partial charge < -0.3 is 5.32 Å². The number of aromatic nitrogens is 2. The molecule has 1 aromatic carbocycles. The van der Waals surface area contributed by atoms with Gasteiger partial charge in [0.15, 0.2) is 3.92 Å². The second kappa shape index (κ2) is 4.93. The molecule has 1 N–H and O–H groups in total. The van der Waals surface area contributed by atoms with Gasteiger partial charge in [-0.2, -0.15) is 0 Å². The van der Waals surface area contributed by atoms with Gasteiger partial charge in [0, 0.05) is 5.69 Å². The lowest BCUT2D eigenvalue weighted by Gasteiger charge is -2.08. The van der Waals surface area contributed by atoms with E-state index in [2.05, 4.69) is 57.4 Å². The van der Waals surface area contributed by atoms with Gasteiger partial charge in [-0.05, 0) is 39.5 Å². The molecule has 0 spiro atoms. The van der Waals surface area contributed by atoms with Gasteiger partial charge in [0.05, 0.1) is 0 Å². The van der Waals surface area contributed by atoms with Gasteiger partial charge in [0.25, 0.3) is 0 Å². The molecular weight excluding hydrogens is 286 g/mol. The maximum Gasteiger partial charge on any atom is 0.210 e. The van der Waals surface area contributed by atoms with E-state index in [1.165, 1.54) is 16.9 Å². The zero-order valence-electron chi connectivity index (χ0n) is 9.07. The fourth-order valence-corrected chi connectivity index (χ4v) is 2.39. The van der Waals surface area contributed by atoms with Crippen molar-refractivity contribution in [2.75, 3.05) is 5.32 Å². The Kier molecular flexibility index (Phi) is 3.56. The Morgan fingerprint density at radius 3 is 2.75 bits per heavy atom. The Morgan fingerprint density at radius 2 is 2.12 bits per heavy atom. The number of halogens is 1. The average Bonchev–Trinajstić information content (AvgIpc) is 2.64. The summed E-state index contributed by atoms with van der Waals surface area (Å²) in [5, 5.41) is 11.9. The van der Waals surface area contributed by atoms with Crippen molar-refractivity contribution >= 4 is 38.1 Å². The molecule has 0 saturated carbocycles. The molecule has 2 rings (SSSR count). The van der Waals surface area contributed by atoms with E-state index in [0.29, 0.717) is 5.92 Å². The molecule has 0 fully saturated rings. The molecular formula is C11H12BrN3S. The summed E-state index contributed by atoms with van der Waals surface area (Å²) in [6.45, 7) is 4.36. The van der Waals surface area contributed by atoms with Crippen LogP contribution in [0, 0.1) is 0 Å². The lowest BCUT2D eigenvalue weighted by molar-refractivity contribution is 0.867. The maximum atomic E-state index is 4.00. The number of hydrogen-bond acceptors (Lipinski definition) is 4. The first kappa shape index (κ1) is 11.5. The molecule has 3 nitrogen and oxygen atoms in total. The van der Waals surface area contributed by atoms with E-state index < -0.39 is 0 Å². The second-order valence-corrected chi connectivity index (χ2v) is 6.02. The van der Waals surface area contributed by atoms with Crippen molar-refractivity contribution in [3.8, 4) is 0 Å². The number of nitrogens with zero attached hydrogens (tertiary/aromatic N) is 2. The minimum atomic E-state index is 0.530. The summed E-state index contributed by atoms with van der Waals surface area (Å²) in [5.74, 6) is 0.530. The number of rotatable bonds is 3. The molecule has 0 aliphatic heterocycles. The van der Waals surface area contributed by atoms with E-state index in [1.54, 1.807) is 0 Å². The molecule has 84 valence electrons. The minimum absolute atomic E-state index is 0.530. The van der Waals surface area contributed by atoms with Crippen molar-refractivity contribution in [3.63, 3.8) is 0 Å². The Morgan fingerprint density at radius 1 is 1.31 bits per heavy atom. The van der Waals surface area contributed by atoms with Crippen LogP contribution in [-0.2, 0) is 0 Å². The molecule has 0 unspecified atom stereocenters. The molecule has 2 aromatic rings. The summed E-state index contributed by atoms with van der Waals surface area (Å²) < 4.78 is 0.787. The lowest BCUT2D eigenvalue weighted by atomic mass is 10.0. The van der Waals surface area contributed by atoms with E-state index >= 15 is 0 Å². The van der Waals surface area contributed by atoms with Crippen LogP contribution in [0.2, 0.25) is 0 Å². The molecule has 1 heterocycles. The zero-order chi connectivity index (χ0) is 11.5. The van der Waals surface area contributed by atoms with Gasteiger partial charge in [-0.15, -0.1) is 10.2 Å². The lowest BCUT2D eigenvalue weighted by Crippen LogP contribution is -1.92. The van der Waals surface area contributed by atoms with Crippen molar-refractivity contribution in [3.05, 3.63) is 33.7 Å². The fraction of sp³-hybridized carbons (Fsp3) is 0.273. The maximum absolute atomic E-state index is 4.00. The van der Waals surface area contributed by atoms with E-state index in [1.807, 2.05) is 12.1 Å². The highest BCUT2D eigenvalue weighted by Crippen LogP contribution is 2.25. The SMILES string of the molecule is CC(C)c1cccc(Nc2nnc(Br)s2)c1. The Labute approximate surface area is 107 Å². The molecule has 0 radical (unpaired) electrons. The van der Waals surface area contributed by atoms with Gasteiger partial charge in [-0.1, -0.05) is 37.3 Å². The molecule has 0 aliphatic carbocycles. The third-order valence-electron chi connectivity index (χ3n) is 2.20. The Bertz CT molecular complexity index is 482. The normalized spacial score (nSPS) is 10.8. The molecule has 1 aromatic heterocycles. The van der Waals surface area contributed by atoms with Crippen molar-refractivity contribution in [1.29, 1.82) is 0 Å². The molecule has 0 aliphatic rings. The molecule has 0 amide bonds. The first-order valence-electron chi connectivity index (χ1n) is 5.01. The number of benzene rings is 1. The van der Waals surface area contributed by atoms with Crippen LogP contribution >= 0.6 is 27.3 Å². The van der Waals surface area contributed by atoms with Gasteiger partial charge >= 0.3 is 0 Å². The fourth-order valence-electron chi connectivity index (χ4n) is 1.35. The van der Waals surface area contributed by atoms with E-state index in [0.717, 1.165) is 14.7 Å². The van der Waals surface area contributed by atoms with Crippen LogP contribution in [0.3, 0.4) is 0 Å². The second-order valence-electron chi connectivity index (χ2n) is 3.77. The summed E-state index contributed by atoms with van der Waals surface area (Å²) in [4.78, 5) is 0. The standard InChI is InChI=1S/C11H12BrN3S/c1-7(2)8-4-3-5-9(6-8)13-11-15-14-10(12)16-11/h3-7H,1-2H3,(H,13,15). The molecule has 0 bridgehead atoms. The van der Waals surface area contributed by atoms with E-state index in [9.17, 15) is 0 Å². The predicted molar refractivity (Wildman–Crippen MR) is 71.4 cm³/mol. The minimum Gasteiger partial charge on any atom is -0.330 e. The number of nitrogens with one attached hydrogen (secondary N) is 1. The topological polar surface area (TPSA) is 37.8 Å². The highest BCUT2D eigenvalue weighted by molar-refractivity contribution is 9.11. The molecule has 16 heavy (non-hydrogen) atoms. The number of anilines is 2. The van der Waals surface area contributed by atoms with Crippen molar-refractivity contribution < 1.29 is 0 Å². The van der Waals surface area contributed by atoms with E-state index in [-0.39, 0.29) is 0 Å². The molecule has 0 saturated heterocycles. The van der Waals surface area contributed by atoms with Crippen molar-refractivity contribution in [2.24, 2.45) is 0 Å².